The molecule has 2 bridgehead atoms. The van der Waals surface area contributed by atoms with Gasteiger partial charge in [-0.3, -0.25) is 9.59 Å². The molecule has 0 amide bonds. The number of sulfonamides is 1. The molecule has 2 aliphatic rings. The van der Waals surface area contributed by atoms with Crippen LogP contribution < -0.4 is 5.56 Å². The van der Waals surface area contributed by atoms with E-state index in [4.69, 9.17) is 0 Å². The van der Waals surface area contributed by atoms with Crippen LogP contribution in [-0.2, 0) is 21.4 Å². The average Bonchev–Trinajstić information content (AvgIpc) is 2.99. The first kappa shape index (κ1) is 21.4. The number of carboxylic acids is 1. The minimum absolute atomic E-state index is 0.140. The van der Waals surface area contributed by atoms with Crippen LogP contribution in [0.3, 0.4) is 0 Å². The van der Waals surface area contributed by atoms with Crippen molar-refractivity contribution in [3.8, 4) is 0 Å². The molecule has 2 aromatic rings. The number of aromatic nitrogens is 1. The van der Waals surface area contributed by atoms with Gasteiger partial charge in [-0.15, -0.1) is 0 Å². The van der Waals surface area contributed by atoms with Crippen molar-refractivity contribution in [1.29, 1.82) is 0 Å². The molecule has 0 saturated carbocycles. The number of hydrogen-bond acceptors (Lipinski definition) is 5. The van der Waals surface area contributed by atoms with E-state index in [1.165, 1.54) is 28.8 Å². The van der Waals surface area contributed by atoms with Gasteiger partial charge in [0.1, 0.15) is 10.7 Å². The number of allylic oxidation sites excluding steroid dienone is 1. The highest BCUT2D eigenvalue weighted by atomic mass is 32.2. The maximum Gasteiger partial charge on any atom is 0.308 e. The molecule has 1 saturated heterocycles. The summed E-state index contributed by atoms with van der Waals surface area (Å²) in [5, 5.41) is 19.9. The molecular formula is C21H21FN2O6S. The number of fused-ring (bicyclic) bond motifs is 4. The fraction of sp³-hybridized carbons (Fsp3) is 0.333. The second kappa shape index (κ2) is 7.70. The molecule has 0 radical (unpaired) electrons. The smallest absolute Gasteiger partial charge is 0.308 e. The number of aliphatic hydroxyl groups excluding tert-OH is 1. The lowest BCUT2D eigenvalue weighted by molar-refractivity contribution is -0.144. The fourth-order valence-corrected chi connectivity index (χ4v) is 6.66. The molecule has 1 aromatic heterocycles. The topological polar surface area (TPSA) is 117 Å². The summed E-state index contributed by atoms with van der Waals surface area (Å²) in [5.41, 5.74) is 0.206. The largest absolute Gasteiger partial charge is 0.481 e. The zero-order chi connectivity index (χ0) is 22.5. The van der Waals surface area contributed by atoms with E-state index in [2.05, 4.69) is 0 Å². The maximum absolute atomic E-state index is 14.4. The monoisotopic (exact) mass is 448 g/mol. The van der Waals surface area contributed by atoms with Crippen molar-refractivity contribution >= 4 is 22.1 Å². The Morgan fingerprint density at radius 2 is 1.97 bits per heavy atom. The molecule has 0 aliphatic carbocycles. The van der Waals surface area contributed by atoms with E-state index in [9.17, 15) is 32.6 Å². The summed E-state index contributed by atoms with van der Waals surface area (Å²) in [6, 6.07) is 5.61. The van der Waals surface area contributed by atoms with Crippen molar-refractivity contribution in [2.75, 3.05) is 6.61 Å². The summed E-state index contributed by atoms with van der Waals surface area (Å²) in [5.74, 6) is -4.51. The summed E-state index contributed by atoms with van der Waals surface area (Å²) in [7, 11) is -4.46. The molecule has 0 spiro atoms. The van der Waals surface area contributed by atoms with Gasteiger partial charge in [0, 0.05) is 36.4 Å². The van der Waals surface area contributed by atoms with Gasteiger partial charge in [0.2, 0.25) is 10.0 Å². The van der Waals surface area contributed by atoms with E-state index >= 15 is 0 Å². The minimum atomic E-state index is -4.46. The van der Waals surface area contributed by atoms with E-state index in [1.54, 1.807) is 19.1 Å². The van der Waals surface area contributed by atoms with Crippen molar-refractivity contribution in [3.63, 3.8) is 0 Å². The Labute approximate surface area is 177 Å². The van der Waals surface area contributed by atoms with Crippen molar-refractivity contribution in [1.82, 2.24) is 8.87 Å². The molecule has 4 rings (SSSR count). The van der Waals surface area contributed by atoms with Crippen LogP contribution in [0, 0.1) is 17.7 Å². The number of nitrogens with zero attached hydrogens (tertiary/aromatic N) is 2. The standard InChI is InChI=1S/C21H21FN2O6S/c1-2-5-12-8-9-15-19-18(21(27)28)13(11-25)16(10-23(15)20(12)26)24(19)31(29,30)17-7-4-3-6-14(17)22/h2-9,13,16,18-19,25H,10-11H2,1H3,(H,27,28)/t13-,16-,18+,19+/m0/s1. The number of halogens is 1. The lowest BCUT2D eigenvalue weighted by Crippen LogP contribution is -2.49. The van der Waals surface area contributed by atoms with E-state index in [-0.39, 0.29) is 17.8 Å². The Hall–Kier alpha value is -2.82. The van der Waals surface area contributed by atoms with Crippen molar-refractivity contribution in [3.05, 3.63) is 69.9 Å². The summed E-state index contributed by atoms with van der Waals surface area (Å²) >= 11 is 0. The molecule has 2 N–H and O–H groups in total. The number of rotatable bonds is 5. The van der Waals surface area contributed by atoms with Crippen LogP contribution >= 0.6 is 0 Å². The highest BCUT2D eigenvalue weighted by Crippen LogP contribution is 2.50. The highest BCUT2D eigenvalue weighted by molar-refractivity contribution is 7.89. The maximum atomic E-state index is 14.4. The summed E-state index contributed by atoms with van der Waals surface area (Å²) in [6.45, 7) is 1.02. The molecule has 0 unspecified atom stereocenters. The minimum Gasteiger partial charge on any atom is -0.481 e. The summed E-state index contributed by atoms with van der Waals surface area (Å²) < 4.78 is 43.7. The number of benzene rings is 1. The van der Waals surface area contributed by atoms with Crippen LogP contribution in [0.15, 0.2) is 52.2 Å². The Bertz CT molecular complexity index is 1240. The quantitative estimate of drug-likeness (QED) is 0.715. The van der Waals surface area contributed by atoms with Gasteiger partial charge >= 0.3 is 5.97 Å². The Kier molecular flexibility index (Phi) is 5.32. The first-order valence-corrected chi connectivity index (χ1v) is 11.2. The van der Waals surface area contributed by atoms with Crippen LogP contribution in [0.2, 0.25) is 0 Å². The van der Waals surface area contributed by atoms with E-state index in [1.807, 2.05) is 0 Å². The SMILES string of the molecule is CC=Cc1ccc2n(c1=O)C[C@H]1[C@H](CO)[C@@H](C(=O)O)[C@@H]2N1S(=O)(=O)c1ccccc1F. The molecule has 8 nitrogen and oxygen atoms in total. The van der Waals surface area contributed by atoms with Gasteiger partial charge in [-0.2, -0.15) is 4.31 Å². The molecule has 1 aromatic carbocycles. The second-order valence-electron chi connectivity index (χ2n) is 7.62. The molecule has 1 fully saturated rings. The molecule has 164 valence electrons. The van der Waals surface area contributed by atoms with Crippen LogP contribution in [0.5, 0.6) is 0 Å². The fourth-order valence-electron chi connectivity index (χ4n) is 4.76. The first-order chi connectivity index (χ1) is 14.7. The number of hydrogen-bond donors (Lipinski definition) is 2. The van der Waals surface area contributed by atoms with Crippen molar-refractivity contribution in [2.24, 2.45) is 11.8 Å². The number of carboxylic acid groups (broad SMARTS) is 1. The van der Waals surface area contributed by atoms with Gasteiger partial charge < -0.3 is 14.8 Å². The summed E-state index contributed by atoms with van der Waals surface area (Å²) in [4.78, 5) is 24.5. The van der Waals surface area contributed by atoms with Gasteiger partial charge in [0.05, 0.1) is 12.0 Å². The molecule has 3 heterocycles. The number of pyridine rings is 1. The predicted octanol–water partition coefficient (Wildman–Crippen LogP) is 1.46. The molecule has 31 heavy (non-hydrogen) atoms. The highest BCUT2D eigenvalue weighted by Gasteiger charge is 2.60. The Morgan fingerprint density at radius 1 is 1.26 bits per heavy atom. The third-order valence-corrected chi connectivity index (χ3v) is 7.98. The third-order valence-electron chi connectivity index (χ3n) is 6.04. The molecular weight excluding hydrogens is 427 g/mol. The third kappa shape index (κ3) is 3.13. The van der Waals surface area contributed by atoms with E-state index in [0.29, 0.717) is 5.56 Å². The predicted molar refractivity (Wildman–Crippen MR) is 109 cm³/mol. The first-order valence-electron chi connectivity index (χ1n) is 9.72. The van der Waals surface area contributed by atoms with Gasteiger partial charge in [-0.1, -0.05) is 24.3 Å². The van der Waals surface area contributed by atoms with Crippen LogP contribution in [-0.4, -0.2) is 46.1 Å². The van der Waals surface area contributed by atoms with Gasteiger partial charge in [0.15, 0.2) is 0 Å². The van der Waals surface area contributed by atoms with Gasteiger partial charge in [-0.25, -0.2) is 12.8 Å². The van der Waals surface area contributed by atoms with E-state index < -0.39 is 57.2 Å². The number of aliphatic carboxylic acids is 1. The van der Waals surface area contributed by atoms with E-state index in [0.717, 1.165) is 16.4 Å². The molecule has 2 aliphatic heterocycles. The Balaban J connectivity index is 1.97. The number of aliphatic hydroxyl groups is 1. The van der Waals surface area contributed by atoms with Gasteiger partial charge in [-0.05, 0) is 31.2 Å². The number of carbonyl (C=O) groups is 1. The van der Waals surface area contributed by atoms with Crippen molar-refractivity contribution in [2.45, 2.75) is 30.4 Å². The zero-order valence-corrected chi connectivity index (χ0v) is 17.4. The molecule has 4 atom stereocenters. The second-order valence-corrected chi connectivity index (χ2v) is 9.43. The van der Waals surface area contributed by atoms with Gasteiger partial charge in [0.25, 0.3) is 5.56 Å². The average molecular weight is 448 g/mol. The van der Waals surface area contributed by atoms with Crippen LogP contribution in [0.1, 0.15) is 24.2 Å². The lowest BCUT2D eigenvalue weighted by Gasteiger charge is -2.37. The molecule has 10 heteroatoms. The Morgan fingerprint density at radius 3 is 2.58 bits per heavy atom. The normalized spacial score (nSPS) is 25.6. The zero-order valence-electron chi connectivity index (χ0n) is 16.6. The van der Waals surface area contributed by atoms with Crippen LogP contribution in [0.25, 0.3) is 6.08 Å². The van der Waals surface area contributed by atoms with Crippen LogP contribution in [0.4, 0.5) is 4.39 Å². The van der Waals surface area contributed by atoms with Crippen molar-refractivity contribution < 1.29 is 27.8 Å². The summed E-state index contributed by atoms with van der Waals surface area (Å²) in [6.07, 6.45) is 3.30. The lowest BCUT2D eigenvalue weighted by atomic mass is 9.87.